The standard InChI is InChI=1S/C39H46ClN5O5/c1-27-32(7-5-8-35(27)38-37(40)30(11-13-43-38)6-3-4-14-45-15-12-33(48)22-45)24-49-34-10-9-31(21-44-39(2,25-46)26-47)36(17-34)50-23-29-16-28(18-41)19-42-20-29/h5,7-11,13,16-17,19-20,33,44,46-48H,3-4,6,12,14-15,21-26H2,1-2H3/t33-/m1/s1. The summed E-state index contributed by atoms with van der Waals surface area (Å²) in [5, 5.41) is 42.4. The molecule has 0 radical (unpaired) electrons. The van der Waals surface area contributed by atoms with Gasteiger partial charge in [-0.15, -0.1) is 0 Å². The van der Waals surface area contributed by atoms with Crippen molar-refractivity contribution in [1.82, 2.24) is 20.2 Å². The minimum atomic E-state index is -0.865. The Morgan fingerprint density at radius 2 is 1.88 bits per heavy atom. The van der Waals surface area contributed by atoms with E-state index in [9.17, 15) is 20.6 Å². The van der Waals surface area contributed by atoms with Crippen LogP contribution in [-0.4, -0.2) is 74.7 Å². The van der Waals surface area contributed by atoms with Crippen molar-refractivity contribution in [3.8, 4) is 28.8 Å². The number of nitrogens with zero attached hydrogens (tertiary/aromatic N) is 4. The summed E-state index contributed by atoms with van der Waals surface area (Å²) in [6.45, 7) is 6.87. The molecule has 0 amide bonds. The minimum Gasteiger partial charge on any atom is -0.489 e. The Morgan fingerprint density at radius 3 is 2.64 bits per heavy atom. The van der Waals surface area contributed by atoms with Gasteiger partial charge >= 0.3 is 0 Å². The molecule has 1 saturated heterocycles. The average molecular weight is 700 g/mol. The van der Waals surface area contributed by atoms with Crippen molar-refractivity contribution in [3.05, 3.63) is 106 Å². The number of aliphatic hydroxyl groups excluding tert-OH is 3. The smallest absolute Gasteiger partial charge is 0.127 e. The maximum atomic E-state index is 9.78. The summed E-state index contributed by atoms with van der Waals surface area (Å²) in [6.07, 6.45) is 8.57. The molecule has 0 aliphatic carbocycles. The molecule has 2 aromatic heterocycles. The first kappa shape index (κ1) is 37.2. The molecule has 3 heterocycles. The molecule has 5 rings (SSSR count). The first-order valence-corrected chi connectivity index (χ1v) is 17.4. The number of ether oxygens (including phenoxy) is 2. The Hall–Kier alpha value is -4.08. The van der Waals surface area contributed by atoms with E-state index >= 15 is 0 Å². The van der Waals surface area contributed by atoms with Gasteiger partial charge in [-0.3, -0.25) is 9.97 Å². The Morgan fingerprint density at radius 1 is 1.04 bits per heavy atom. The van der Waals surface area contributed by atoms with Crippen molar-refractivity contribution >= 4 is 11.6 Å². The van der Waals surface area contributed by atoms with Crippen LogP contribution in [0.25, 0.3) is 11.3 Å². The highest BCUT2D eigenvalue weighted by Gasteiger charge is 2.23. The van der Waals surface area contributed by atoms with Crippen LogP contribution >= 0.6 is 11.6 Å². The summed E-state index contributed by atoms with van der Waals surface area (Å²) >= 11 is 6.96. The lowest BCUT2D eigenvalue weighted by Gasteiger charge is -2.27. The van der Waals surface area contributed by atoms with Crippen LogP contribution in [0.4, 0.5) is 0 Å². The summed E-state index contributed by atoms with van der Waals surface area (Å²) in [7, 11) is 0. The molecule has 0 bridgehead atoms. The zero-order valence-corrected chi connectivity index (χ0v) is 29.5. The number of hydrogen-bond donors (Lipinski definition) is 4. The number of aliphatic hydroxyl groups is 3. The normalized spacial score (nSPS) is 14.9. The van der Waals surface area contributed by atoms with Gasteiger partial charge in [0.1, 0.15) is 30.8 Å². The summed E-state index contributed by atoms with van der Waals surface area (Å²) in [5.74, 6) is 1.16. The highest BCUT2D eigenvalue weighted by atomic mass is 35.5. The molecular formula is C39H46ClN5O5. The van der Waals surface area contributed by atoms with Crippen molar-refractivity contribution in [2.75, 3.05) is 32.8 Å². The van der Waals surface area contributed by atoms with Gasteiger partial charge in [-0.1, -0.05) is 35.9 Å². The minimum absolute atomic E-state index is 0.187. The van der Waals surface area contributed by atoms with E-state index in [1.54, 1.807) is 19.2 Å². The largest absolute Gasteiger partial charge is 0.489 e. The van der Waals surface area contributed by atoms with Crippen molar-refractivity contribution in [3.63, 3.8) is 0 Å². The lowest BCUT2D eigenvalue weighted by atomic mass is 9.98. The maximum absolute atomic E-state index is 9.78. The monoisotopic (exact) mass is 699 g/mol. The SMILES string of the molecule is Cc1c(COc2ccc(CNC(C)(CO)CO)c(OCc3cncc(C#N)c3)c2)cccc1-c1nccc(CCCCN2CC[C@@H](O)C2)c1Cl. The van der Waals surface area contributed by atoms with E-state index in [4.69, 9.17) is 21.1 Å². The fourth-order valence-electron chi connectivity index (χ4n) is 5.95. The van der Waals surface area contributed by atoms with Gasteiger partial charge in [-0.25, -0.2) is 0 Å². The molecule has 0 saturated carbocycles. The average Bonchev–Trinajstić information content (AvgIpc) is 3.56. The molecule has 0 spiro atoms. The quantitative estimate of drug-likeness (QED) is 0.106. The third-order valence-electron chi connectivity index (χ3n) is 9.24. The van der Waals surface area contributed by atoms with Crippen LogP contribution in [0.1, 0.15) is 59.6 Å². The number of aromatic nitrogens is 2. The van der Waals surface area contributed by atoms with E-state index in [0.29, 0.717) is 35.2 Å². The molecule has 0 unspecified atom stereocenters. The zero-order chi connectivity index (χ0) is 35.5. The van der Waals surface area contributed by atoms with Crippen LogP contribution in [0.2, 0.25) is 5.02 Å². The number of unbranched alkanes of at least 4 members (excludes halogenated alkanes) is 1. The number of nitrogens with one attached hydrogen (secondary N) is 1. The molecule has 1 atom stereocenters. The van der Waals surface area contributed by atoms with Gasteiger partial charge in [0.05, 0.1) is 41.1 Å². The number of nitriles is 1. The van der Waals surface area contributed by atoms with Crippen molar-refractivity contribution in [1.29, 1.82) is 5.26 Å². The van der Waals surface area contributed by atoms with E-state index in [-0.39, 0.29) is 25.9 Å². The molecule has 50 heavy (non-hydrogen) atoms. The van der Waals surface area contributed by atoms with Crippen LogP contribution in [-0.2, 0) is 26.2 Å². The van der Waals surface area contributed by atoms with Gasteiger partial charge in [-0.2, -0.15) is 5.26 Å². The third kappa shape index (κ3) is 9.79. The van der Waals surface area contributed by atoms with Crippen LogP contribution in [0.3, 0.4) is 0 Å². The second kappa shape index (κ2) is 17.7. The predicted octanol–water partition coefficient (Wildman–Crippen LogP) is 5.36. The first-order valence-electron chi connectivity index (χ1n) is 17.0. The number of aryl methyl sites for hydroxylation is 1. The van der Waals surface area contributed by atoms with E-state index in [0.717, 1.165) is 84.4 Å². The molecule has 4 aromatic rings. The number of hydrogen-bond acceptors (Lipinski definition) is 10. The van der Waals surface area contributed by atoms with E-state index < -0.39 is 5.54 Å². The van der Waals surface area contributed by atoms with Crippen molar-refractivity contribution < 1.29 is 24.8 Å². The molecule has 264 valence electrons. The van der Waals surface area contributed by atoms with Crippen LogP contribution in [0.5, 0.6) is 11.5 Å². The maximum Gasteiger partial charge on any atom is 0.127 e. The van der Waals surface area contributed by atoms with Gasteiger partial charge in [0.15, 0.2) is 0 Å². The Balaban J connectivity index is 1.28. The van der Waals surface area contributed by atoms with Crippen molar-refractivity contribution in [2.24, 2.45) is 0 Å². The lowest BCUT2D eigenvalue weighted by Crippen LogP contribution is -2.48. The second-order valence-electron chi connectivity index (χ2n) is 13.2. The van der Waals surface area contributed by atoms with Crippen LogP contribution in [0.15, 0.2) is 67.1 Å². The molecule has 10 nitrogen and oxygen atoms in total. The fourth-order valence-corrected chi connectivity index (χ4v) is 6.26. The van der Waals surface area contributed by atoms with E-state index in [1.165, 1.54) is 6.20 Å². The van der Waals surface area contributed by atoms with Gasteiger partial charge in [0, 0.05) is 61.0 Å². The highest BCUT2D eigenvalue weighted by Crippen LogP contribution is 2.34. The molecular weight excluding hydrogens is 654 g/mol. The number of benzene rings is 2. The molecule has 2 aromatic carbocycles. The van der Waals surface area contributed by atoms with Crippen LogP contribution < -0.4 is 14.8 Å². The summed E-state index contributed by atoms with van der Waals surface area (Å²) in [4.78, 5) is 11.1. The number of β-amino-alcohol motifs (C(OH)–C–C–N with tert-alkyl or cyclic N) is 1. The van der Waals surface area contributed by atoms with Crippen molar-refractivity contribution in [2.45, 2.75) is 70.9 Å². The number of rotatable bonds is 17. The predicted molar refractivity (Wildman–Crippen MR) is 193 cm³/mol. The first-order chi connectivity index (χ1) is 24.2. The lowest BCUT2D eigenvalue weighted by molar-refractivity contribution is 0.103. The Bertz CT molecular complexity index is 1780. The number of likely N-dealkylation sites (tertiary alicyclic amines) is 1. The zero-order valence-electron chi connectivity index (χ0n) is 28.7. The van der Waals surface area contributed by atoms with E-state index in [1.807, 2.05) is 48.7 Å². The van der Waals surface area contributed by atoms with Crippen LogP contribution in [0, 0.1) is 18.3 Å². The second-order valence-corrected chi connectivity index (χ2v) is 13.6. The molecule has 1 fully saturated rings. The summed E-state index contributed by atoms with van der Waals surface area (Å²) in [5.41, 5.74) is 5.95. The Labute approximate surface area is 299 Å². The summed E-state index contributed by atoms with van der Waals surface area (Å²) in [6, 6.07) is 17.5. The molecule has 11 heteroatoms. The molecule has 1 aliphatic rings. The third-order valence-corrected chi connectivity index (χ3v) is 9.66. The topological polar surface area (TPSA) is 144 Å². The van der Waals surface area contributed by atoms with E-state index in [2.05, 4.69) is 33.2 Å². The van der Waals surface area contributed by atoms with Gasteiger partial charge in [-0.05, 0) is 81.0 Å². The van der Waals surface area contributed by atoms with Gasteiger partial charge in [0.2, 0.25) is 0 Å². The highest BCUT2D eigenvalue weighted by molar-refractivity contribution is 6.33. The van der Waals surface area contributed by atoms with Gasteiger partial charge in [0.25, 0.3) is 0 Å². The fraction of sp³-hybridized carbons (Fsp3) is 0.410. The molecule has 1 aliphatic heterocycles. The molecule has 4 N–H and O–H groups in total. The van der Waals surface area contributed by atoms with Gasteiger partial charge < -0.3 is 35.0 Å². The summed E-state index contributed by atoms with van der Waals surface area (Å²) < 4.78 is 12.5. The Kier molecular flexibility index (Phi) is 13.2. The number of pyridine rings is 2. The number of halogens is 1.